The van der Waals surface area contributed by atoms with Gasteiger partial charge >= 0.3 is 0 Å². The average molecular weight is 353 g/mol. The van der Waals surface area contributed by atoms with E-state index in [0.29, 0.717) is 12.6 Å². The molecule has 6 heteroatoms. The fraction of sp³-hybridized carbons (Fsp3) is 0.467. The standard InChI is InChI=1S/C15H21BrN4O/c1-10(2)17-8-12-7-13(16)5-6-14(12)21-9-15-19-18-11(3)20(15)4/h5-7,10,17H,8-9H2,1-4H3. The summed E-state index contributed by atoms with van der Waals surface area (Å²) in [5.41, 5.74) is 1.12. The van der Waals surface area contributed by atoms with Crippen LogP contribution in [0.2, 0.25) is 0 Å². The molecule has 5 nitrogen and oxygen atoms in total. The fourth-order valence-corrected chi connectivity index (χ4v) is 2.27. The molecule has 0 atom stereocenters. The van der Waals surface area contributed by atoms with Crippen LogP contribution in [0.1, 0.15) is 31.1 Å². The van der Waals surface area contributed by atoms with Gasteiger partial charge in [-0.15, -0.1) is 10.2 Å². The topological polar surface area (TPSA) is 52.0 Å². The molecule has 1 aromatic carbocycles. The van der Waals surface area contributed by atoms with Gasteiger partial charge in [0.05, 0.1) is 0 Å². The molecule has 0 spiro atoms. The predicted octanol–water partition coefficient (Wildman–Crippen LogP) is 2.96. The molecule has 0 bridgehead atoms. The molecule has 114 valence electrons. The van der Waals surface area contributed by atoms with Crippen LogP contribution in [0, 0.1) is 6.92 Å². The molecule has 0 fully saturated rings. The third kappa shape index (κ3) is 4.28. The average Bonchev–Trinajstić information content (AvgIpc) is 2.75. The molecule has 21 heavy (non-hydrogen) atoms. The van der Waals surface area contributed by atoms with E-state index in [-0.39, 0.29) is 0 Å². The highest BCUT2D eigenvalue weighted by Crippen LogP contribution is 2.24. The van der Waals surface area contributed by atoms with E-state index in [1.165, 1.54) is 0 Å². The molecule has 0 radical (unpaired) electrons. The number of ether oxygens (including phenoxy) is 1. The molecule has 0 aliphatic rings. The highest BCUT2D eigenvalue weighted by molar-refractivity contribution is 9.10. The number of nitrogens with one attached hydrogen (secondary N) is 1. The molecule has 1 heterocycles. The lowest BCUT2D eigenvalue weighted by atomic mass is 10.2. The third-order valence-electron chi connectivity index (χ3n) is 3.26. The van der Waals surface area contributed by atoms with Gasteiger partial charge in [0.25, 0.3) is 0 Å². The van der Waals surface area contributed by atoms with Gasteiger partial charge in [-0.2, -0.15) is 0 Å². The van der Waals surface area contributed by atoms with Crippen LogP contribution in [0.4, 0.5) is 0 Å². The first-order valence-corrected chi connectivity index (χ1v) is 7.76. The number of halogens is 1. The summed E-state index contributed by atoms with van der Waals surface area (Å²) in [5, 5.41) is 11.6. The van der Waals surface area contributed by atoms with Crippen LogP contribution in [0.3, 0.4) is 0 Å². The van der Waals surface area contributed by atoms with Crippen molar-refractivity contribution in [3.05, 3.63) is 39.9 Å². The summed E-state index contributed by atoms with van der Waals surface area (Å²) in [6.07, 6.45) is 0. The molecular formula is C15H21BrN4O. The summed E-state index contributed by atoms with van der Waals surface area (Å²) >= 11 is 3.50. The maximum atomic E-state index is 5.92. The summed E-state index contributed by atoms with van der Waals surface area (Å²) in [4.78, 5) is 0. The number of aryl methyl sites for hydroxylation is 1. The molecule has 0 saturated carbocycles. The zero-order valence-corrected chi connectivity index (χ0v) is 14.4. The van der Waals surface area contributed by atoms with E-state index >= 15 is 0 Å². The van der Waals surface area contributed by atoms with Crippen LogP contribution in [0.25, 0.3) is 0 Å². The smallest absolute Gasteiger partial charge is 0.170 e. The van der Waals surface area contributed by atoms with Gasteiger partial charge in [-0.25, -0.2) is 0 Å². The maximum Gasteiger partial charge on any atom is 0.170 e. The largest absolute Gasteiger partial charge is 0.485 e. The van der Waals surface area contributed by atoms with Crippen molar-refractivity contribution in [3.63, 3.8) is 0 Å². The van der Waals surface area contributed by atoms with Crippen molar-refractivity contribution in [3.8, 4) is 5.75 Å². The number of nitrogens with zero attached hydrogens (tertiary/aromatic N) is 3. The zero-order chi connectivity index (χ0) is 15.4. The Morgan fingerprint density at radius 1 is 1.33 bits per heavy atom. The highest BCUT2D eigenvalue weighted by atomic mass is 79.9. The first kappa shape index (κ1) is 16.0. The molecule has 1 N–H and O–H groups in total. The highest BCUT2D eigenvalue weighted by Gasteiger charge is 2.09. The van der Waals surface area contributed by atoms with Crippen molar-refractivity contribution in [2.24, 2.45) is 7.05 Å². The Kier molecular flexibility index (Phi) is 5.36. The quantitative estimate of drug-likeness (QED) is 0.868. The van der Waals surface area contributed by atoms with Gasteiger partial charge in [0, 0.05) is 29.7 Å². The van der Waals surface area contributed by atoms with Gasteiger partial charge in [-0.3, -0.25) is 0 Å². The van der Waals surface area contributed by atoms with Gasteiger partial charge in [-0.1, -0.05) is 29.8 Å². The second-order valence-electron chi connectivity index (χ2n) is 5.30. The first-order chi connectivity index (χ1) is 9.97. The van der Waals surface area contributed by atoms with Crippen molar-refractivity contribution in [2.75, 3.05) is 0 Å². The summed E-state index contributed by atoms with van der Waals surface area (Å²) in [5.74, 6) is 2.57. The molecule has 2 rings (SSSR count). The van der Waals surface area contributed by atoms with Crippen LogP contribution in [-0.4, -0.2) is 20.8 Å². The van der Waals surface area contributed by atoms with Crippen molar-refractivity contribution >= 4 is 15.9 Å². The first-order valence-electron chi connectivity index (χ1n) is 6.97. The van der Waals surface area contributed by atoms with Crippen molar-refractivity contribution in [2.45, 2.75) is 40.0 Å². The molecule has 0 aliphatic heterocycles. The summed E-state index contributed by atoms with van der Waals surface area (Å²) in [7, 11) is 1.94. The van der Waals surface area contributed by atoms with Gasteiger partial charge < -0.3 is 14.6 Å². The van der Waals surface area contributed by atoms with E-state index in [9.17, 15) is 0 Å². The molecule has 0 aliphatic carbocycles. The summed E-state index contributed by atoms with van der Waals surface area (Å²) in [6, 6.07) is 6.46. The van der Waals surface area contributed by atoms with Gasteiger partial charge in [-0.05, 0) is 25.1 Å². The molecule has 0 saturated heterocycles. The zero-order valence-electron chi connectivity index (χ0n) is 12.9. The van der Waals surface area contributed by atoms with Gasteiger partial charge in [0.15, 0.2) is 5.82 Å². The summed E-state index contributed by atoms with van der Waals surface area (Å²) < 4.78 is 8.90. The van der Waals surface area contributed by atoms with Crippen molar-refractivity contribution in [1.29, 1.82) is 0 Å². The van der Waals surface area contributed by atoms with Crippen LogP contribution in [0.5, 0.6) is 5.75 Å². The van der Waals surface area contributed by atoms with Gasteiger partial charge in [0.1, 0.15) is 18.2 Å². The Morgan fingerprint density at radius 3 is 2.71 bits per heavy atom. The van der Waals surface area contributed by atoms with E-state index in [1.807, 2.05) is 30.7 Å². The second kappa shape index (κ2) is 7.04. The van der Waals surface area contributed by atoms with E-state index < -0.39 is 0 Å². The number of hydrogen-bond donors (Lipinski definition) is 1. The number of rotatable bonds is 6. The Labute approximate surface area is 133 Å². The minimum Gasteiger partial charge on any atom is -0.485 e. The van der Waals surface area contributed by atoms with E-state index in [2.05, 4.69) is 51.4 Å². The molecule has 2 aromatic rings. The minimum absolute atomic E-state index is 0.410. The maximum absolute atomic E-state index is 5.92. The number of hydrogen-bond acceptors (Lipinski definition) is 4. The lowest BCUT2D eigenvalue weighted by Gasteiger charge is -2.14. The third-order valence-corrected chi connectivity index (χ3v) is 3.76. The lowest BCUT2D eigenvalue weighted by molar-refractivity contribution is 0.287. The van der Waals surface area contributed by atoms with Crippen LogP contribution in [0.15, 0.2) is 22.7 Å². The van der Waals surface area contributed by atoms with Crippen LogP contribution in [-0.2, 0) is 20.2 Å². The number of aromatic nitrogens is 3. The molecular weight excluding hydrogens is 332 g/mol. The molecule has 1 aromatic heterocycles. The van der Waals surface area contributed by atoms with E-state index in [1.54, 1.807) is 0 Å². The normalized spacial score (nSPS) is 11.1. The van der Waals surface area contributed by atoms with Gasteiger partial charge in [0.2, 0.25) is 0 Å². The predicted molar refractivity (Wildman–Crippen MR) is 86.2 cm³/mol. The van der Waals surface area contributed by atoms with Crippen molar-refractivity contribution in [1.82, 2.24) is 20.1 Å². The Balaban J connectivity index is 2.10. The lowest BCUT2D eigenvalue weighted by Crippen LogP contribution is -2.22. The van der Waals surface area contributed by atoms with Crippen LogP contribution < -0.4 is 10.1 Å². The minimum atomic E-state index is 0.410. The van der Waals surface area contributed by atoms with E-state index in [4.69, 9.17) is 4.74 Å². The van der Waals surface area contributed by atoms with Crippen molar-refractivity contribution < 1.29 is 4.74 Å². The monoisotopic (exact) mass is 352 g/mol. The van der Waals surface area contributed by atoms with Crippen LogP contribution >= 0.6 is 15.9 Å². The SMILES string of the molecule is Cc1nnc(COc2ccc(Br)cc2CNC(C)C)n1C. The second-order valence-corrected chi connectivity index (χ2v) is 6.21. The molecule has 0 unspecified atom stereocenters. The Bertz CT molecular complexity index is 610. The summed E-state index contributed by atoms with van der Waals surface area (Å²) in [6.45, 7) is 7.35. The molecule has 0 amide bonds. The Hall–Kier alpha value is -1.40. The number of benzene rings is 1. The fourth-order valence-electron chi connectivity index (χ4n) is 1.86. The van der Waals surface area contributed by atoms with E-state index in [0.717, 1.165) is 34.0 Å². The Morgan fingerprint density at radius 2 is 2.10 bits per heavy atom.